The Bertz CT molecular complexity index is 1030. The average molecular weight is 551 g/mol. The van der Waals surface area contributed by atoms with E-state index in [1.165, 1.54) is 19.9 Å². The third-order valence-corrected chi connectivity index (χ3v) is 9.92. The summed E-state index contributed by atoms with van der Waals surface area (Å²) in [6.07, 6.45) is 1.48. The van der Waals surface area contributed by atoms with Gasteiger partial charge in [-0.15, -0.1) is 0 Å². The molecule has 1 unspecified atom stereocenters. The van der Waals surface area contributed by atoms with Gasteiger partial charge >= 0.3 is 23.9 Å². The number of cyclic esters (lactones) is 1. The van der Waals surface area contributed by atoms with Crippen LogP contribution in [-0.4, -0.2) is 72.7 Å². The highest BCUT2D eigenvalue weighted by Gasteiger charge is 2.77. The van der Waals surface area contributed by atoms with Gasteiger partial charge in [-0.1, -0.05) is 27.7 Å². The van der Waals surface area contributed by atoms with Crippen LogP contribution in [0.4, 0.5) is 0 Å². The van der Waals surface area contributed by atoms with E-state index in [1.54, 1.807) is 6.92 Å². The molecule has 10 heteroatoms. The van der Waals surface area contributed by atoms with Crippen LogP contribution < -0.4 is 0 Å². The molecule has 2 saturated carbocycles. The van der Waals surface area contributed by atoms with Gasteiger partial charge in [-0.2, -0.15) is 0 Å². The van der Waals surface area contributed by atoms with Gasteiger partial charge < -0.3 is 28.8 Å². The van der Waals surface area contributed by atoms with Crippen molar-refractivity contribution in [3.63, 3.8) is 0 Å². The number of epoxide rings is 1. The molecule has 2 aliphatic carbocycles. The minimum atomic E-state index is -1.01. The van der Waals surface area contributed by atoms with Crippen molar-refractivity contribution in [1.29, 1.82) is 0 Å². The van der Waals surface area contributed by atoms with E-state index in [1.807, 2.05) is 20.8 Å². The standard InChI is InChI=1S/C29H42O10/c1-7-16(2)26(34)39-22(20-11-24(33)35-13-20)12-27(6)17(3)10-23(38-19(5)31)29(15-36-18(4)30)25(27)21(32)8-9-28(29)14-37-28/h11,16-17,21-23,25,32H,7-10,12-15H2,1-6H3/t16-,17+,21+,22-,23-,25+,27-,28?,29+/m0/s1. The molecular weight excluding hydrogens is 508 g/mol. The Kier molecular flexibility index (Phi) is 8.21. The fourth-order valence-corrected chi connectivity index (χ4v) is 7.40. The monoisotopic (exact) mass is 550 g/mol. The fourth-order valence-electron chi connectivity index (χ4n) is 7.40. The van der Waals surface area contributed by atoms with Gasteiger partial charge in [0.15, 0.2) is 0 Å². The van der Waals surface area contributed by atoms with Crippen molar-refractivity contribution < 1.29 is 48.0 Å². The largest absolute Gasteiger partial charge is 0.465 e. The highest BCUT2D eigenvalue weighted by atomic mass is 16.6. The number of aliphatic hydroxyl groups excluding tert-OH is 1. The predicted molar refractivity (Wildman–Crippen MR) is 137 cm³/mol. The van der Waals surface area contributed by atoms with Crippen molar-refractivity contribution in [1.82, 2.24) is 0 Å². The van der Waals surface area contributed by atoms with E-state index in [2.05, 4.69) is 0 Å². The lowest BCUT2D eigenvalue weighted by atomic mass is 9.42. The molecule has 4 rings (SSSR count). The molecule has 9 atom stereocenters. The molecule has 218 valence electrons. The third-order valence-electron chi connectivity index (χ3n) is 9.92. The number of carbonyl (C=O) groups excluding carboxylic acids is 4. The molecule has 4 aliphatic rings. The van der Waals surface area contributed by atoms with E-state index in [-0.39, 0.29) is 31.0 Å². The van der Waals surface area contributed by atoms with Crippen molar-refractivity contribution >= 4 is 23.9 Å². The lowest BCUT2D eigenvalue weighted by Crippen LogP contribution is -2.70. The Labute approximate surface area is 229 Å². The van der Waals surface area contributed by atoms with Crippen molar-refractivity contribution in [3.8, 4) is 0 Å². The summed E-state index contributed by atoms with van der Waals surface area (Å²) in [5.41, 5.74) is -1.85. The Morgan fingerprint density at radius 2 is 1.92 bits per heavy atom. The second-order valence-electron chi connectivity index (χ2n) is 12.2. The highest BCUT2D eigenvalue weighted by Crippen LogP contribution is 2.69. The van der Waals surface area contributed by atoms with E-state index in [9.17, 15) is 24.3 Å². The first-order valence-corrected chi connectivity index (χ1v) is 14.0. The van der Waals surface area contributed by atoms with Crippen molar-refractivity contribution in [2.75, 3.05) is 19.8 Å². The number of hydrogen-bond donors (Lipinski definition) is 1. The first kappa shape index (κ1) is 29.5. The normalized spacial score (nSPS) is 38.6. The number of ether oxygens (including phenoxy) is 5. The number of aliphatic hydroxyl groups is 1. The summed E-state index contributed by atoms with van der Waals surface area (Å²) in [4.78, 5) is 49.3. The molecule has 1 saturated heterocycles. The van der Waals surface area contributed by atoms with Crippen LogP contribution >= 0.6 is 0 Å². The van der Waals surface area contributed by atoms with Crippen LogP contribution in [0, 0.1) is 28.6 Å². The van der Waals surface area contributed by atoms with Crippen LogP contribution in [0.25, 0.3) is 0 Å². The quantitative estimate of drug-likeness (QED) is 0.259. The Morgan fingerprint density at radius 3 is 2.46 bits per heavy atom. The van der Waals surface area contributed by atoms with E-state index in [4.69, 9.17) is 23.7 Å². The summed E-state index contributed by atoms with van der Waals surface area (Å²) in [7, 11) is 0. The van der Waals surface area contributed by atoms with Gasteiger partial charge in [-0.05, 0) is 43.4 Å². The van der Waals surface area contributed by atoms with Gasteiger partial charge in [0.1, 0.15) is 31.0 Å². The van der Waals surface area contributed by atoms with Gasteiger partial charge in [-0.3, -0.25) is 14.4 Å². The Balaban J connectivity index is 1.81. The maximum absolute atomic E-state index is 13.0. The van der Waals surface area contributed by atoms with Crippen LogP contribution in [-0.2, 0) is 42.9 Å². The molecule has 0 bridgehead atoms. The maximum Gasteiger partial charge on any atom is 0.331 e. The zero-order valence-electron chi connectivity index (χ0n) is 23.8. The molecule has 2 heterocycles. The van der Waals surface area contributed by atoms with E-state index in [0.717, 1.165) is 0 Å². The molecule has 0 radical (unpaired) electrons. The van der Waals surface area contributed by atoms with Crippen LogP contribution in [0.15, 0.2) is 11.6 Å². The number of fused-ring (bicyclic) bond motifs is 2. The van der Waals surface area contributed by atoms with Gasteiger partial charge in [0.25, 0.3) is 0 Å². The predicted octanol–water partition coefficient (Wildman–Crippen LogP) is 2.88. The van der Waals surface area contributed by atoms with E-state index in [0.29, 0.717) is 44.3 Å². The van der Waals surface area contributed by atoms with Crippen LogP contribution in [0.2, 0.25) is 0 Å². The fraction of sp³-hybridized carbons (Fsp3) is 0.793. The molecule has 3 fully saturated rings. The van der Waals surface area contributed by atoms with Gasteiger partial charge in [0, 0.05) is 31.4 Å². The SMILES string of the molecule is CC[C@H](C)C(=O)O[C@@H](C[C@@]1(C)[C@H](C)C[C@H](OC(C)=O)[C@]2(COC(C)=O)[C@@H]1[C@H](O)CCC21CO1)C1=CC(=O)OC1. The topological polar surface area (TPSA) is 138 Å². The molecule has 2 aliphatic heterocycles. The number of carbonyl (C=O) groups is 4. The first-order chi connectivity index (χ1) is 18.3. The smallest absolute Gasteiger partial charge is 0.331 e. The average Bonchev–Trinajstić information content (AvgIpc) is 3.52. The zero-order chi connectivity index (χ0) is 28.8. The molecule has 1 spiro atoms. The third kappa shape index (κ3) is 5.22. The Hall–Kier alpha value is -2.46. The molecule has 0 aromatic heterocycles. The summed E-state index contributed by atoms with van der Waals surface area (Å²) in [5, 5.41) is 11.7. The van der Waals surface area contributed by atoms with Crippen LogP contribution in [0.1, 0.15) is 73.6 Å². The second kappa shape index (κ2) is 10.8. The van der Waals surface area contributed by atoms with Crippen LogP contribution in [0.3, 0.4) is 0 Å². The summed E-state index contributed by atoms with van der Waals surface area (Å²) >= 11 is 0. The minimum Gasteiger partial charge on any atom is -0.465 e. The lowest BCUT2D eigenvalue weighted by Gasteiger charge is -2.64. The molecule has 0 aromatic carbocycles. The first-order valence-electron chi connectivity index (χ1n) is 14.0. The minimum absolute atomic E-state index is 0.0245. The van der Waals surface area contributed by atoms with Gasteiger partial charge in [0.05, 0.1) is 24.0 Å². The highest BCUT2D eigenvalue weighted by molar-refractivity contribution is 5.85. The molecule has 0 amide bonds. The summed E-state index contributed by atoms with van der Waals surface area (Å²) in [5.74, 6) is -2.76. The van der Waals surface area contributed by atoms with Crippen molar-refractivity contribution in [2.24, 2.45) is 28.6 Å². The number of hydrogen-bond acceptors (Lipinski definition) is 10. The number of rotatable bonds is 9. The summed E-state index contributed by atoms with van der Waals surface area (Å²) in [6, 6.07) is 0. The van der Waals surface area contributed by atoms with Crippen molar-refractivity contribution in [2.45, 2.75) is 97.6 Å². The molecule has 0 aromatic rings. The van der Waals surface area contributed by atoms with E-state index < -0.39 is 58.6 Å². The zero-order valence-corrected chi connectivity index (χ0v) is 23.8. The lowest BCUT2D eigenvalue weighted by molar-refractivity contribution is -0.255. The molecule has 1 N–H and O–H groups in total. The molecule has 10 nitrogen and oxygen atoms in total. The van der Waals surface area contributed by atoms with Crippen LogP contribution in [0.5, 0.6) is 0 Å². The summed E-state index contributed by atoms with van der Waals surface area (Å²) < 4.78 is 28.9. The Morgan fingerprint density at radius 1 is 1.23 bits per heavy atom. The van der Waals surface area contributed by atoms with Gasteiger partial charge in [-0.25, -0.2) is 4.79 Å². The molecular formula is C29H42O10. The van der Waals surface area contributed by atoms with E-state index >= 15 is 0 Å². The van der Waals surface area contributed by atoms with Gasteiger partial charge in [0.2, 0.25) is 0 Å². The summed E-state index contributed by atoms with van der Waals surface area (Å²) in [6.45, 7) is 10.8. The maximum atomic E-state index is 13.0. The second-order valence-corrected chi connectivity index (χ2v) is 12.2. The number of esters is 4. The molecule has 39 heavy (non-hydrogen) atoms. The van der Waals surface area contributed by atoms with Crippen molar-refractivity contribution in [3.05, 3.63) is 11.6 Å².